The van der Waals surface area contributed by atoms with Gasteiger partial charge in [0.05, 0.1) is 19.3 Å². The maximum atomic E-state index is 12.8. The van der Waals surface area contributed by atoms with Gasteiger partial charge in [-0.25, -0.2) is 4.99 Å². The van der Waals surface area contributed by atoms with E-state index in [-0.39, 0.29) is 48.6 Å². The van der Waals surface area contributed by atoms with Crippen molar-refractivity contribution in [3.63, 3.8) is 0 Å². The average molecular weight is 536 g/mol. The van der Waals surface area contributed by atoms with Gasteiger partial charge in [0.15, 0.2) is 17.5 Å². The molecule has 1 atom stereocenters. The first kappa shape index (κ1) is 25.8. The number of alkyl halides is 2. The number of aliphatic imine (C=N–C) groups is 1. The lowest BCUT2D eigenvalue weighted by Crippen LogP contribution is -2.39. The molecule has 1 aromatic heterocycles. The molecule has 0 saturated carbocycles. The van der Waals surface area contributed by atoms with Crippen molar-refractivity contribution in [3.05, 3.63) is 53.9 Å². The molecule has 0 amide bonds. The molecule has 0 spiro atoms. The second-order valence-corrected chi connectivity index (χ2v) is 5.93. The van der Waals surface area contributed by atoms with Crippen molar-refractivity contribution in [1.29, 1.82) is 0 Å². The molecule has 0 bridgehead atoms. The van der Waals surface area contributed by atoms with Gasteiger partial charge in [0.1, 0.15) is 0 Å². The van der Waals surface area contributed by atoms with Gasteiger partial charge in [-0.1, -0.05) is 12.1 Å². The largest absolute Gasteiger partial charge is 0.490 e. The fourth-order valence-corrected chi connectivity index (χ4v) is 2.58. The van der Waals surface area contributed by atoms with Gasteiger partial charge in [0, 0.05) is 31.0 Å². The van der Waals surface area contributed by atoms with Crippen molar-refractivity contribution in [2.24, 2.45) is 4.99 Å². The summed E-state index contributed by atoms with van der Waals surface area (Å²) in [7, 11) is 0. The zero-order valence-corrected chi connectivity index (χ0v) is 19.2. The van der Waals surface area contributed by atoms with Crippen LogP contribution in [0.3, 0.4) is 0 Å². The highest BCUT2D eigenvalue weighted by Gasteiger charge is 2.16. The van der Waals surface area contributed by atoms with Crippen LogP contribution in [0.15, 0.2) is 47.7 Å². The van der Waals surface area contributed by atoms with E-state index in [0.29, 0.717) is 24.7 Å². The standard InChI is InChI=1S/C20H26F2N4O3.HI/c1-3-24-20(26-13-16(27)14-8-10-23-11-9-14)25-12-15-6-5-7-17(28-4-2)18(15)29-19(21)22;/h5-11,16,19,27H,3-4,12-13H2,1-2H3,(H2,24,25,26);1H. The molecule has 10 heteroatoms. The molecule has 30 heavy (non-hydrogen) atoms. The number of aliphatic hydroxyl groups excluding tert-OH is 1. The number of nitrogens with zero attached hydrogens (tertiary/aromatic N) is 2. The van der Waals surface area contributed by atoms with Crippen molar-refractivity contribution in [2.75, 3.05) is 19.7 Å². The Hall–Kier alpha value is -2.21. The summed E-state index contributed by atoms with van der Waals surface area (Å²) in [5.41, 5.74) is 1.18. The van der Waals surface area contributed by atoms with E-state index in [9.17, 15) is 13.9 Å². The summed E-state index contributed by atoms with van der Waals surface area (Å²) in [6.45, 7) is 1.91. The molecule has 1 aromatic carbocycles. The summed E-state index contributed by atoms with van der Waals surface area (Å²) in [5, 5.41) is 16.4. The Morgan fingerprint density at radius 2 is 1.90 bits per heavy atom. The van der Waals surface area contributed by atoms with E-state index in [1.165, 1.54) is 0 Å². The van der Waals surface area contributed by atoms with E-state index in [1.807, 2.05) is 6.92 Å². The fraction of sp³-hybridized carbons (Fsp3) is 0.400. The number of hydrogen-bond acceptors (Lipinski definition) is 5. The third kappa shape index (κ3) is 8.27. The Morgan fingerprint density at radius 3 is 2.53 bits per heavy atom. The number of nitrogens with one attached hydrogen (secondary N) is 2. The number of aromatic nitrogens is 1. The quantitative estimate of drug-likeness (QED) is 0.245. The Balaban J connectivity index is 0.00000450. The Kier molecular flexibility index (Phi) is 12.0. The highest BCUT2D eigenvalue weighted by atomic mass is 127. The van der Waals surface area contributed by atoms with Crippen LogP contribution in [0.5, 0.6) is 11.5 Å². The Morgan fingerprint density at radius 1 is 1.17 bits per heavy atom. The molecule has 166 valence electrons. The van der Waals surface area contributed by atoms with Gasteiger partial charge in [-0.2, -0.15) is 8.78 Å². The first-order chi connectivity index (χ1) is 14.0. The van der Waals surface area contributed by atoms with Crippen LogP contribution < -0.4 is 20.1 Å². The predicted octanol–water partition coefficient (Wildman–Crippen LogP) is 3.49. The van der Waals surface area contributed by atoms with E-state index >= 15 is 0 Å². The molecule has 0 saturated heterocycles. The topological polar surface area (TPSA) is 88.0 Å². The van der Waals surface area contributed by atoms with Crippen LogP contribution in [0.25, 0.3) is 0 Å². The van der Waals surface area contributed by atoms with Gasteiger partial charge >= 0.3 is 6.61 Å². The summed E-state index contributed by atoms with van der Waals surface area (Å²) < 4.78 is 35.7. The van der Waals surface area contributed by atoms with E-state index in [2.05, 4.69) is 25.3 Å². The number of rotatable bonds is 10. The minimum absolute atomic E-state index is 0. The number of benzene rings is 1. The summed E-state index contributed by atoms with van der Waals surface area (Å²) in [6.07, 6.45) is 2.46. The molecule has 3 N–H and O–H groups in total. The molecule has 0 radical (unpaired) electrons. The third-order valence-corrected chi connectivity index (χ3v) is 3.87. The minimum Gasteiger partial charge on any atom is -0.490 e. The Labute approximate surface area is 191 Å². The van der Waals surface area contributed by atoms with Crippen LogP contribution in [-0.2, 0) is 6.54 Å². The lowest BCUT2D eigenvalue weighted by atomic mass is 10.1. The van der Waals surface area contributed by atoms with Crippen LogP contribution >= 0.6 is 24.0 Å². The van der Waals surface area contributed by atoms with Crippen molar-refractivity contribution in [3.8, 4) is 11.5 Å². The number of guanidine groups is 1. The third-order valence-electron chi connectivity index (χ3n) is 3.87. The highest BCUT2D eigenvalue weighted by Crippen LogP contribution is 2.33. The molecule has 0 aliphatic carbocycles. The first-order valence-electron chi connectivity index (χ1n) is 9.34. The maximum absolute atomic E-state index is 12.8. The van der Waals surface area contributed by atoms with Crippen LogP contribution in [-0.4, -0.2) is 42.4 Å². The molecule has 0 aliphatic rings. The zero-order chi connectivity index (χ0) is 21.1. The van der Waals surface area contributed by atoms with Gasteiger partial charge in [0.25, 0.3) is 0 Å². The predicted molar refractivity (Wildman–Crippen MR) is 122 cm³/mol. The highest BCUT2D eigenvalue weighted by molar-refractivity contribution is 14.0. The van der Waals surface area contributed by atoms with Crippen molar-refractivity contribution in [1.82, 2.24) is 15.6 Å². The summed E-state index contributed by atoms with van der Waals surface area (Å²) in [4.78, 5) is 8.33. The molecule has 0 aliphatic heterocycles. The molecule has 7 nitrogen and oxygen atoms in total. The first-order valence-corrected chi connectivity index (χ1v) is 9.34. The van der Waals surface area contributed by atoms with Crippen LogP contribution in [0.4, 0.5) is 8.78 Å². The van der Waals surface area contributed by atoms with Crippen molar-refractivity contribution in [2.45, 2.75) is 33.1 Å². The SMILES string of the molecule is CCNC(=NCc1cccc(OCC)c1OC(F)F)NCC(O)c1ccncc1.I. The monoisotopic (exact) mass is 536 g/mol. The van der Waals surface area contributed by atoms with Crippen molar-refractivity contribution < 1.29 is 23.4 Å². The molecule has 2 rings (SSSR count). The normalized spacial score (nSPS) is 12.1. The number of halogens is 3. The fourth-order valence-electron chi connectivity index (χ4n) is 2.58. The number of pyridine rings is 1. The summed E-state index contributed by atoms with van der Waals surface area (Å²) >= 11 is 0. The van der Waals surface area contributed by atoms with Gasteiger partial charge in [-0.15, -0.1) is 24.0 Å². The molecular formula is C20H27F2IN4O3. The molecule has 0 fully saturated rings. The van der Waals surface area contributed by atoms with E-state index in [4.69, 9.17) is 4.74 Å². The van der Waals surface area contributed by atoms with Gasteiger partial charge in [0.2, 0.25) is 0 Å². The van der Waals surface area contributed by atoms with Crippen molar-refractivity contribution >= 4 is 29.9 Å². The average Bonchev–Trinajstić information content (AvgIpc) is 2.72. The lowest BCUT2D eigenvalue weighted by molar-refractivity contribution is -0.0520. The van der Waals surface area contributed by atoms with E-state index in [1.54, 1.807) is 49.6 Å². The second-order valence-electron chi connectivity index (χ2n) is 5.93. The summed E-state index contributed by atoms with van der Waals surface area (Å²) in [6, 6.07) is 8.37. The molecular weight excluding hydrogens is 509 g/mol. The van der Waals surface area contributed by atoms with Gasteiger partial charge < -0.3 is 25.2 Å². The van der Waals surface area contributed by atoms with Gasteiger partial charge in [-0.05, 0) is 37.6 Å². The van der Waals surface area contributed by atoms with E-state index < -0.39 is 12.7 Å². The smallest absolute Gasteiger partial charge is 0.387 e. The number of para-hydroxylation sites is 1. The lowest BCUT2D eigenvalue weighted by Gasteiger charge is -2.17. The number of hydrogen-bond donors (Lipinski definition) is 3. The molecule has 1 heterocycles. The van der Waals surface area contributed by atoms with Crippen LogP contribution in [0.1, 0.15) is 31.1 Å². The second kappa shape index (κ2) is 13.9. The molecule has 1 unspecified atom stereocenters. The Bertz CT molecular complexity index is 782. The number of aliphatic hydroxyl groups is 1. The molecule has 2 aromatic rings. The number of ether oxygens (including phenoxy) is 2. The van der Waals surface area contributed by atoms with Gasteiger partial charge in [-0.3, -0.25) is 4.98 Å². The summed E-state index contributed by atoms with van der Waals surface area (Å²) in [5.74, 6) is 0.651. The van der Waals surface area contributed by atoms with Crippen LogP contribution in [0, 0.1) is 0 Å². The minimum atomic E-state index is -2.97. The zero-order valence-electron chi connectivity index (χ0n) is 16.8. The van der Waals surface area contributed by atoms with Crippen LogP contribution in [0.2, 0.25) is 0 Å². The maximum Gasteiger partial charge on any atom is 0.387 e. The van der Waals surface area contributed by atoms with E-state index in [0.717, 1.165) is 5.56 Å².